The van der Waals surface area contributed by atoms with Crippen molar-refractivity contribution >= 4 is 5.97 Å². The molecule has 1 aliphatic carbocycles. The number of carbonyl (C=O) groups is 1. The van der Waals surface area contributed by atoms with Crippen LogP contribution in [0.2, 0.25) is 0 Å². The van der Waals surface area contributed by atoms with E-state index in [1.807, 2.05) is 12.1 Å². The second kappa shape index (κ2) is 6.60. The first-order chi connectivity index (χ1) is 9.20. The number of benzene rings is 1. The van der Waals surface area contributed by atoms with Crippen molar-refractivity contribution in [1.82, 2.24) is 0 Å². The minimum absolute atomic E-state index is 0.117. The molecule has 0 heterocycles. The van der Waals surface area contributed by atoms with Gasteiger partial charge >= 0.3 is 5.97 Å². The largest absolute Gasteiger partial charge is 0.508 e. The first-order valence-corrected chi connectivity index (χ1v) is 7.15. The number of hydrogen-bond acceptors (Lipinski definition) is 3. The van der Waals surface area contributed by atoms with Gasteiger partial charge < -0.3 is 9.84 Å². The van der Waals surface area contributed by atoms with Crippen molar-refractivity contribution in [3.8, 4) is 5.75 Å². The number of unbranched alkanes of at least 4 members (excludes halogenated alkanes) is 1. The van der Waals surface area contributed by atoms with Gasteiger partial charge in [0.25, 0.3) is 0 Å². The highest BCUT2D eigenvalue weighted by Gasteiger charge is 2.34. The lowest BCUT2D eigenvalue weighted by Crippen LogP contribution is -2.12. The van der Waals surface area contributed by atoms with Crippen LogP contribution in [0.1, 0.15) is 50.5 Å². The summed E-state index contributed by atoms with van der Waals surface area (Å²) >= 11 is 0. The standard InChI is InChI=1S/C16H22O3/c1-2-3-9-19-16(18)11-15(12-7-8-12)13-5-4-6-14(17)10-13/h4-6,10,12,15,17H,2-3,7-9,11H2,1H3/t15-/m0/s1. The summed E-state index contributed by atoms with van der Waals surface area (Å²) in [5.41, 5.74) is 1.05. The molecule has 1 saturated carbocycles. The molecule has 104 valence electrons. The third-order valence-electron chi connectivity index (χ3n) is 3.64. The predicted molar refractivity (Wildman–Crippen MR) is 74.1 cm³/mol. The zero-order chi connectivity index (χ0) is 13.7. The van der Waals surface area contributed by atoms with Crippen molar-refractivity contribution < 1.29 is 14.6 Å². The summed E-state index contributed by atoms with van der Waals surface area (Å²) in [5.74, 6) is 0.915. The maximum absolute atomic E-state index is 11.8. The SMILES string of the molecule is CCCCOC(=O)C[C@H](c1cccc(O)c1)C1CC1. The van der Waals surface area contributed by atoms with Crippen LogP contribution in [0.5, 0.6) is 5.75 Å². The summed E-state index contributed by atoms with van der Waals surface area (Å²) in [6.07, 6.45) is 4.72. The number of carbonyl (C=O) groups excluding carboxylic acids is 1. The van der Waals surface area contributed by atoms with Crippen LogP contribution >= 0.6 is 0 Å². The van der Waals surface area contributed by atoms with Crippen LogP contribution in [0.3, 0.4) is 0 Å². The lowest BCUT2D eigenvalue weighted by molar-refractivity contribution is -0.144. The van der Waals surface area contributed by atoms with Gasteiger partial charge in [0.15, 0.2) is 0 Å². The van der Waals surface area contributed by atoms with Crippen LogP contribution in [0.25, 0.3) is 0 Å². The molecule has 0 unspecified atom stereocenters. The predicted octanol–water partition coefficient (Wildman–Crippen LogP) is 3.62. The second-order valence-electron chi connectivity index (χ2n) is 5.32. The average molecular weight is 262 g/mol. The summed E-state index contributed by atoms with van der Waals surface area (Å²) in [7, 11) is 0. The Labute approximate surface area is 114 Å². The molecule has 0 spiro atoms. The zero-order valence-corrected chi connectivity index (χ0v) is 11.5. The van der Waals surface area contributed by atoms with Crippen LogP contribution < -0.4 is 0 Å². The number of hydrogen-bond donors (Lipinski definition) is 1. The van der Waals surface area contributed by atoms with Gasteiger partial charge in [0.2, 0.25) is 0 Å². The van der Waals surface area contributed by atoms with Crippen molar-refractivity contribution in [1.29, 1.82) is 0 Å². The molecular weight excluding hydrogens is 240 g/mol. The van der Waals surface area contributed by atoms with Crippen LogP contribution in [0.4, 0.5) is 0 Å². The number of ether oxygens (including phenoxy) is 1. The van der Waals surface area contributed by atoms with E-state index >= 15 is 0 Å². The van der Waals surface area contributed by atoms with Crippen molar-refractivity contribution in [3.63, 3.8) is 0 Å². The van der Waals surface area contributed by atoms with E-state index < -0.39 is 0 Å². The quantitative estimate of drug-likeness (QED) is 0.603. The molecule has 1 fully saturated rings. The van der Waals surface area contributed by atoms with Gasteiger partial charge in [0.05, 0.1) is 13.0 Å². The molecule has 0 amide bonds. The highest BCUT2D eigenvalue weighted by atomic mass is 16.5. The summed E-state index contributed by atoms with van der Waals surface area (Å²) in [6, 6.07) is 7.25. The van der Waals surface area contributed by atoms with Crippen molar-refractivity contribution in [2.45, 2.75) is 44.9 Å². The van der Waals surface area contributed by atoms with Gasteiger partial charge in [-0.05, 0) is 48.8 Å². The molecule has 0 bridgehead atoms. The minimum atomic E-state index is -0.117. The molecule has 0 radical (unpaired) electrons. The Kier molecular flexibility index (Phi) is 4.83. The van der Waals surface area contributed by atoms with Crippen molar-refractivity contribution in [2.75, 3.05) is 6.61 Å². The topological polar surface area (TPSA) is 46.5 Å². The molecule has 1 aromatic carbocycles. The molecule has 0 saturated heterocycles. The lowest BCUT2D eigenvalue weighted by Gasteiger charge is -2.16. The highest BCUT2D eigenvalue weighted by molar-refractivity contribution is 5.70. The molecule has 0 aliphatic heterocycles. The number of esters is 1. The average Bonchev–Trinajstić information content (AvgIpc) is 3.20. The van der Waals surface area contributed by atoms with E-state index in [0.29, 0.717) is 18.9 Å². The van der Waals surface area contributed by atoms with E-state index in [0.717, 1.165) is 18.4 Å². The molecule has 1 aromatic rings. The normalized spacial score (nSPS) is 16.1. The van der Waals surface area contributed by atoms with Gasteiger partial charge in [0.1, 0.15) is 5.75 Å². The molecule has 0 aromatic heterocycles. The van der Waals surface area contributed by atoms with Crippen LogP contribution in [-0.2, 0) is 9.53 Å². The van der Waals surface area contributed by atoms with Crippen LogP contribution in [0, 0.1) is 5.92 Å². The Morgan fingerprint density at radius 2 is 2.26 bits per heavy atom. The van der Waals surface area contributed by atoms with E-state index in [1.165, 1.54) is 12.8 Å². The van der Waals surface area contributed by atoms with E-state index in [1.54, 1.807) is 12.1 Å². The van der Waals surface area contributed by atoms with Crippen molar-refractivity contribution in [3.05, 3.63) is 29.8 Å². The third-order valence-corrected chi connectivity index (χ3v) is 3.64. The Morgan fingerprint density at radius 3 is 2.89 bits per heavy atom. The molecule has 3 heteroatoms. The fourth-order valence-corrected chi connectivity index (χ4v) is 2.38. The van der Waals surface area contributed by atoms with E-state index in [4.69, 9.17) is 4.74 Å². The Morgan fingerprint density at radius 1 is 1.47 bits per heavy atom. The maximum Gasteiger partial charge on any atom is 0.306 e. The Bertz CT molecular complexity index is 424. The highest BCUT2D eigenvalue weighted by Crippen LogP contribution is 2.45. The van der Waals surface area contributed by atoms with Gasteiger partial charge in [-0.15, -0.1) is 0 Å². The number of rotatable bonds is 7. The summed E-state index contributed by atoms with van der Waals surface area (Å²) < 4.78 is 5.24. The molecular formula is C16H22O3. The van der Waals surface area contributed by atoms with Gasteiger partial charge in [-0.25, -0.2) is 0 Å². The van der Waals surface area contributed by atoms with Gasteiger partial charge in [-0.3, -0.25) is 4.79 Å². The molecule has 1 N–H and O–H groups in total. The summed E-state index contributed by atoms with van der Waals surface area (Å²) in [4.78, 5) is 11.8. The maximum atomic E-state index is 11.8. The fourth-order valence-electron chi connectivity index (χ4n) is 2.38. The number of phenolic OH excluding ortho intramolecular Hbond substituents is 1. The molecule has 1 atom stereocenters. The Balaban J connectivity index is 1.95. The monoisotopic (exact) mass is 262 g/mol. The summed E-state index contributed by atoms with van der Waals surface area (Å²) in [5, 5.41) is 9.56. The smallest absolute Gasteiger partial charge is 0.306 e. The molecule has 19 heavy (non-hydrogen) atoms. The molecule has 1 aliphatic rings. The zero-order valence-electron chi connectivity index (χ0n) is 11.5. The van der Waals surface area contributed by atoms with Gasteiger partial charge in [-0.1, -0.05) is 25.5 Å². The number of phenols is 1. The first-order valence-electron chi connectivity index (χ1n) is 7.15. The lowest BCUT2D eigenvalue weighted by atomic mass is 9.91. The minimum Gasteiger partial charge on any atom is -0.508 e. The number of aromatic hydroxyl groups is 1. The fraction of sp³-hybridized carbons (Fsp3) is 0.562. The molecule has 3 nitrogen and oxygen atoms in total. The molecule has 2 rings (SSSR count). The third kappa shape index (κ3) is 4.27. The first kappa shape index (κ1) is 13.9. The Hall–Kier alpha value is -1.51. The van der Waals surface area contributed by atoms with E-state index in [9.17, 15) is 9.90 Å². The van der Waals surface area contributed by atoms with Gasteiger partial charge in [-0.2, -0.15) is 0 Å². The van der Waals surface area contributed by atoms with Crippen molar-refractivity contribution in [2.24, 2.45) is 5.92 Å². The van der Waals surface area contributed by atoms with E-state index in [2.05, 4.69) is 6.92 Å². The van der Waals surface area contributed by atoms with Crippen LogP contribution in [0.15, 0.2) is 24.3 Å². The van der Waals surface area contributed by atoms with E-state index in [-0.39, 0.29) is 17.6 Å². The second-order valence-corrected chi connectivity index (χ2v) is 5.32. The van der Waals surface area contributed by atoms with Gasteiger partial charge in [0, 0.05) is 0 Å². The van der Waals surface area contributed by atoms with Crippen LogP contribution in [-0.4, -0.2) is 17.7 Å². The summed E-state index contributed by atoms with van der Waals surface area (Å²) in [6.45, 7) is 2.60.